The highest BCUT2D eigenvalue weighted by Crippen LogP contribution is 2.16. The summed E-state index contributed by atoms with van der Waals surface area (Å²) in [6.07, 6.45) is 5.11. The van der Waals surface area contributed by atoms with Gasteiger partial charge in [-0.15, -0.1) is 6.58 Å². The number of ether oxygens (including phenoxy) is 1. The summed E-state index contributed by atoms with van der Waals surface area (Å²) in [5.74, 6) is 0.736. The highest BCUT2D eigenvalue weighted by Gasteiger charge is 1.99. The summed E-state index contributed by atoms with van der Waals surface area (Å²) in [6, 6.07) is 7.44. The number of benzene rings is 1. The van der Waals surface area contributed by atoms with E-state index in [0.29, 0.717) is 6.61 Å². The molecule has 0 heterocycles. The van der Waals surface area contributed by atoms with Gasteiger partial charge in [-0.05, 0) is 25.0 Å². The fourth-order valence-corrected chi connectivity index (χ4v) is 1.19. The Hall–Kier alpha value is -1.77. The molecule has 0 aromatic heterocycles. The Bertz CT molecular complexity index is 334. The van der Waals surface area contributed by atoms with Crippen LogP contribution in [0, 0.1) is 0 Å². The minimum absolute atomic E-state index is 0.641. The van der Waals surface area contributed by atoms with Gasteiger partial charge in [0.2, 0.25) is 0 Å². The second kappa shape index (κ2) is 6.65. The Morgan fingerprint density at radius 1 is 1.40 bits per heavy atom. The molecule has 0 saturated heterocycles. The number of allylic oxidation sites excluding steroid dienone is 1. The van der Waals surface area contributed by atoms with Crippen molar-refractivity contribution in [3.05, 3.63) is 42.5 Å². The molecule has 3 heteroatoms. The third-order valence-electron chi connectivity index (χ3n) is 1.93. The number of para-hydroxylation sites is 1. The van der Waals surface area contributed by atoms with Gasteiger partial charge in [-0.1, -0.05) is 23.4 Å². The van der Waals surface area contributed by atoms with Crippen molar-refractivity contribution in [3.8, 4) is 5.75 Å². The summed E-state index contributed by atoms with van der Waals surface area (Å²) < 4.78 is 5.54. The van der Waals surface area contributed by atoms with Gasteiger partial charge in [0.05, 0.1) is 12.8 Å². The Labute approximate surface area is 89.7 Å². The number of oxime groups is 1. The van der Waals surface area contributed by atoms with Gasteiger partial charge in [0.15, 0.2) is 0 Å². The number of hydrogen-bond donors (Lipinski definition) is 1. The molecule has 0 aliphatic carbocycles. The molecule has 0 saturated carbocycles. The molecular formula is C12H15NO2. The smallest absolute Gasteiger partial charge is 0.128 e. The fraction of sp³-hybridized carbons (Fsp3) is 0.250. The molecule has 0 bridgehead atoms. The average molecular weight is 205 g/mol. The molecule has 1 N–H and O–H groups in total. The predicted molar refractivity (Wildman–Crippen MR) is 60.7 cm³/mol. The standard InChI is InChI=1S/C12H15NO2/c1-2-3-6-9-15-12-8-5-4-7-11(12)10-13-14/h2,4-5,7-8,10,14H,1,3,6,9H2. The van der Waals surface area contributed by atoms with Crippen LogP contribution in [0.25, 0.3) is 0 Å². The van der Waals surface area contributed by atoms with E-state index in [9.17, 15) is 0 Å². The molecule has 1 aromatic rings. The van der Waals surface area contributed by atoms with Crippen LogP contribution >= 0.6 is 0 Å². The van der Waals surface area contributed by atoms with Crippen molar-refractivity contribution in [2.24, 2.45) is 5.16 Å². The molecule has 0 atom stereocenters. The van der Waals surface area contributed by atoms with E-state index in [1.54, 1.807) is 0 Å². The van der Waals surface area contributed by atoms with Gasteiger partial charge in [0.1, 0.15) is 5.75 Å². The summed E-state index contributed by atoms with van der Waals surface area (Å²) in [6.45, 7) is 4.28. The molecule has 1 aromatic carbocycles. The molecule has 0 radical (unpaired) electrons. The lowest BCUT2D eigenvalue weighted by molar-refractivity contribution is 0.309. The summed E-state index contributed by atoms with van der Waals surface area (Å²) in [5.41, 5.74) is 0.776. The lowest BCUT2D eigenvalue weighted by Crippen LogP contribution is -1.99. The Kier molecular flexibility index (Phi) is 5.01. The lowest BCUT2D eigenvalue weighted by Gasteiger charge is -2.07. The molecule has 0 unspecified atom stereocenters. The number of nitrogens with zero attached hydrogens (tertiary/aromatic N) is 1. The zero-order valence-electron chi connectivity index (χ0n) is 8.60. The Morgan fingerprint density at radius 2 is 2.20 bits per heavy atom. The fourth-order valence-electron chi connectivity index (χ4n) is 1.19. The Balaban J connectivity index is 2.55. The number of hydrogen-bond acceptors (Lipinski definition) is 3. The number of rotatable bonds is 6. The monoisotopic (exact) mass is 205 g/mol. The first-order chi connectivity index (χ1) is 7.38. The van der Waals surface area contributed by atoms with Crippen LogP contribution in [0.5, 0.6) is 5.75 Å². The summed E-state index contributed by atoms with van der Waals surface area (Å²) in [7, 11) is 0. The second-order valence-electron chi connectivity index (χ2n) is 3.06. The van der Waals surface area contributed by atoms with Crippen molar-refractivity contribution in [2.45, 2.75) is 12.8 Å². The predicted octanol–water partition coefficient (Wildman–Crippen LogP) is 2.84. The second-order valence-corrected chi connectivity index (χ2v) is 3.06. The van der Waals surface area contributed by atoms with Crippen molar-refractivity contribution in [2.75, 3.05) is 6.61 Å². The van der Waals surface area contributed by atoms with Crippen LogP contribution in [0.3, 0.4) is 0 Å². The topological polar surface area (TPSA) is 41.8 Å². The molecule has 0 fully saturated rings. The third kappa shape index (κ3) is 3.85. The maximum absolute atomic E-state index is 8.45. The summed E-state index contributed by atoms with van der Waals surface area (Å²) >= 11 is 0. The first-order valence-corrected chi connectivity index (χ1v) is 4.88. The van der Waals surface area contributed by atoms with Gasteiger partial charge in [-0.3, -0.25) is 0 Å². The van der Waals surface area contributed by atoms with Gasteiger partial charge in [0, 0.05) is 5.56 Å². The van der Waals surface area contributed by atoms with Crippen molar-refractivity contribution < 1.29 is 9.94 Å². The quantitative estimate of drug-likeness (QED) is 0.255. The van der Waals surface area contributed by atoms with Crippen LogP contribution in [-0.4, -0.2) is 18.0 Å². The van der Waals surface area contributed by atoms with E-state index >= 15 is 0 Å². The maximum atomic E-state index is 8.45. The van der Waals surface area contributed by atoms with Crippen molar-refractivity contribution >= 4 is 6.21 Å². The molecule has 1 rings (SSSR count). The zero-order chi connectivity index (χ0) is 10.9. The zero-order valence-corrected chi connectivity index (χ0v) is 8.60. The molecule has 0 spiro atoms. The van der Waals surface area contributed by atoms with E-state index in [-0.39, 0.29) is 0 Å². The van der Waals surface area contributed by atoms with Crippen LogP contribution in [-0.2, 0) is 0 Å². The molecule has 3 nitrogen and oxygen atoms in total. The van der Waals surface area contributed by atoms with E-state index < -0.39 is 0 Å². The van der Waals surface area contributed by atoms with Crippen LogP contribution < -0.4 is 4.74 Å². The number of unbranched alkanes of at least 4 members (excludes halogenated alkanes) is 1. The maximum Gasteiger partial charge on any atom is 0.128 e. The van der Waals surface area contributed by atoms with E-state index in [1.165, 1.54) is 6.21 Å². The molecule has 0 aliphatic heterocycles. The van der Waals surface area contributed by atoms with Crippen LogP contribution in [0.4, 0.5) is 0 Å². The van der Waals surface area contributed by atoms with E-state index in [1.807, 2.05) is 30.3 Å². The SMILES string of the molecule is C=CCCCOc1ccccc1C=NO. The van der Waals surface area contributed by atoms with Gasteiger partial charge < -0.3 is 9.94 Å². The minimum Gasteiger partial charge on any atom is -0.493 e. The molecule has 0 aliphatic rings. The highest BCUT2D eigenvalue weighted by atomic mass is 16.5. The lowest BCUT2D eigenvalue weighted by atomic mass is 10.2. The average Bonchev–Trinajstić information content (AvgIpc) is 2.27. The molecule has 15 heavy (non-hydrogen) atoms. The first-order valence-electron chi connectivity index (χ1n) is 4.88. The molecule has 0 amide bonds. The van der Waals surface area contributed by atoms with Crippen LogP contribution in [0.15, 0.2) is 42.1 Å². The normalized spacial score (nSPS) is 10.4. The van der Waals surface area contributed by atoms with Crippen molar-refractivity contribution in [3.63, 3.8) is 0 Å². The third-order valence-corrected chi connectivity index (χ3v) is 1.93. The van der Waals surface area contributed by atoms with Crippen molar-refractivity contribution in [1.82, 2.24) is 0 Å². The Morgan fingerprint density at radius 3 is 2.93 bits per heavy atom. The van der Waals surface area contributed by atoms with Gasteiger partial charge in [-0.2, -0.15) is 0 Å². The van der Waals surface area contributed by atoms with Crippen LogP contribution in [0.1, 0.15) is 18.4 Å². The first kappa shape index (κ1) is 11.3. The van der Waals surface area contributed by atoms with E-state index in [0.717, 1.165) is 24.2 Å². The van der Waals surface area contributed by atoms with Crippen molar-refractivity contribution in [1.29, 1.82) is 0 Å². The minimum atomic E-state index is 0.641. The highest BCUT2D eigenvalue weighted by molar-refractivity contribution is 5.82. The summed E-state index contributed by atoms with van der Waals surface area (Å²) in [5, 5.41) is 11.4. The van der Waals surface area contributed by atoms with E-state index in [4.69, 9.17) is 9.94 Å². The van der Waals surface area contributed by atoms with Gasteiger partial charge >= 0.3 is 0 Å². The van der Waals surface area contributed by atoms with E-state index in [2.05, 4.69) is 11.7 Å². The van der Waals surface area contributed by atoms with Gasteiger partial charge in [-0.25, -0.2) is 0 Å². The molecular weight excluding hydrogens is 190 g/mol. The molecule has 80 valence electrons. The van der Waals surface area contributed by atoms with Crippen LogP contribution in [0.2, 0.25) is 0 Å². The van der Waals surface area contributed by atoms with Gasteiger partial charge in [0.25, 0.3) is 0 Å². The summed E-state index contributed by atoms with van der Waals surface area (Å²) in [4.78, 5) is 0. The largest absolute Gasteiger partial charge is 0.493 e.